The SMILES string of the molecule is CCC[N+](C(C)O)(C(C)O)S(=O)(=O)O. The van der Waals surface area contributed by atoms with E-state index in [1.807, 2.05) is 0 Å². The maximum atomic E-state index is 11.1. The fraction of sp³-hybridized carbons (Fsp3) is 1.00. The highest BCUT2D eigenvalue weighted by Crippen LogP contribution is 2.22. The van der Waals surface area contributed by atoms with Crippen LogP contribution in [0.3, 0.4) is 0 Å². The minimum atomic E-state index is -4.55. The normalized spacial score (nSPS) is 21.3. The summed E-state index contributed by atoms with van der Waals surface area (Å²) >= 11 is 0. The summed E-state index contributed by atoms with van der Waals surface area (Å²) in [7, 11) is -4.55. The number of hydrogen-bond acceptors (Lipinski definition) is 4. The third-order valence-corrected chi connectivity index (χ3v) is 3.92. The number of aliphatic hydroxyl groups excluding tert-OH is 2. The van der Waals surface area contributed by atoms with Gasteiger partial charge in [-0.3, -0.25) is 0 Å². The molecule has 0 aliphatic heterocycles. The molecule has 0 aromatic rings. The van der Waals surface area contributed by atoms with Crippen LogP contribution < -0.4 is 0 Å². The van der Waals surface area contributed by atoms with Crippen LogP contribution in [0.1, 0.15) is 27.2 Å². The van der Waals surface area contributed by atoms with E-state index in [9.17, 15) is 18.6 Å². The second kappa shape index (κ2) is 4.54. The summed E-state index contributed by atoms with van der Waals surface area (Å²) in [5, 5.41) is 18.7. The van der Waals surface area contributed by atoms with E-state index in [1.165, 1.54) is 13.8 Å². The van der Waals surface area contributed by atoms with Crippen LogP contribution in [0.5, 0.6) is 0 Å². The zero-order valence-corrected chi connectivity index (χ0v) is 9.40. The van der Waals surface area contributed by atoms with E-state index in [1.54, 1.807) is 6.92 Å². The fourth-order valence-corrected chi connectivity index (χ4v) is 2.72. The molecule has 0 spiro atoms. The van der Waals surface area contributed by atoms with Gasteiger partial charge in [0.2, 0.25) is 12.5 Å². The lowest BCUT2D eigenvalue weighted by Gasteiger charge is -2.38. The summed E-state index contributed by atoms with van der Waals surface area (Å²) in [6.45, 7) is 4.09. The van der Waals surface area contributed by atoms with Gasteiger partial charge in [0.05, 0.1) is 6.54 Å². The molecule has 3 N–H and O–H groups in total. The molecule has 0 rings (SSSR count). The summed E-state index contributed by atoms with van der Waals surface area (Å²) in [5.74, 6) is 0. The molecule has 2 atom stereocenters. The number of quaternary nitrogens is 1. The average molecular weight is 228 g/mol. The molecule has 0 bridgehead atoms. The van der Waals surface area contributed by atoms with Crippen molar-refractivity contribution < 1.29 is 27.1 Å². The van der Waals surface area contributed by atoms with E-state index in [0.29, 0.717) is 6.42 Å². The van der Waals surface area contributed by atoms with Crippen LogP contribution in [-0.4, -0.2) is 46.1 Å². The molecule has 0 radical (unpaired) electrons. The molecule has 0 aromatic heterocycles. The van der Waals surface area contributed by atoms with Crippen molar-refractivity contribution in [2.75, 3.05) is 6.54 Å². The topological polar surface area (TPSA) is 94.8 Å². The number of hydrogen-bond donors (Lipinski definition) is 3. The number of rotatable bonds is 5. The molecule has 0 saturated carbocycles. The molecule has 0 amide bonds. The van der Waals surface area contributed by atoms with Gasteiger partial charge in [-0.25, -0.2) is 4.55 Å². The van der Waals surface area contributed by atoms with Crippen LogP contribution in [0.15, 0.2) is 0 Å². The molecule has 0 heterocycles. The maximum absolute atomic E-state index is 11.1. The zero-order valence-electron chi connectivity index (χ0n) is 8.58. The Morgan fingerprint density at radius 3 is 1.64 bits per heavy atom. The van der Waals surface area contributed by atoms with Crippen molar-refractivity contribution in [2.24, 2.45) is 0 Å². The number of aliphatic hydroxyl groups is 2. The van der Waals surface area contributed by atoms with E-state index in [4.69, 9.17) is 4.55 Å². The molecule has 2 unspecified atom stereocenters. The summed E-state index contributed by atoms with van der Waals surface area (Å²) in [4.78, 5) is 0. The Kier molecular flexibility index (Phi) is 4.47. The van der Waals surface area contributed by atoms with Crippen molar-refractivity contribution in [3.05, 3.63) is 0 Å². The first kappa shape index (κ1) is 13.8. The quantitative estimate of drug-likeness (QED) is 0.341. The predicted octanol–water partition coefficient (Wildman–Crippen LogP) is -0.307. The van der Waals surface area contributed by atoms with E-state index >= 15 is 0 Å². The molecular weight excluding hydrogens is 210 g/mol. The largest absolute Gasteiger partial charge is 0.437 e. The fourth-order valence-electron chi connectivity index (χ4n) is 1.54. The molecule has 86 valence electrons. The van der Waals surface area contributed by atoms with E-state index in [-0.39, 0.29) is 6.54 Å². The molecule has 0 fully saturated rings. The first-order valence-corrected chi connectivity index (χ1v) is 5.81. The first-order chi connectivity index (χ1) is 6.20. The molecule has 0 aromatic carbocycles. The van der Waals surface area contributed by atoms with Crippen molar-refractivity contribution >= 4 is 10.3 Å². The molecular formula is C7H18NO5S+. The number of nitrogens with zero attached hydrogens (tertiary/aromatic N) is 1. The van der Waals surface area contributed by atoms with Crippen LogP contribution in [0.4, 0.5) is 0 Å². The summed E-state index contributed by atoms with van der Waals surface area (Å²) in [6, 6.07) is 0. The average Bonchev–Trinajstić information content (AvgIpc) is 1.95. The molecule has 6 nitrogen and oxygen atoms in total. The van der Waals surface area contributed by atoms with Gasteiger partial charge in [-0.05, 0) is 6.42 Å². The Bertz CT molecular complexity index is 264. The van der Waals surface area contributed by atoms with Gasteiger partial charge in [0.15, 0.2) is 0 Å². The van der Waals surface area contributed by atoms with Crippen LogP contribution >= 0.6 is 0 Å². The van der Waals surface area contributed by atoms with Crippen LogP contribution in [0.2, 0.25) is 0 Å². The first-order valence-electron chi connectivity index (χ1n) is 4.41. The monoisotopic (exact) mass is 228 g/mol. The van der Waals surface area contributed by atoms with Crippen molar-refractivity contribution in [1.82, 2.24) is 0 Å². The van der Waals surface area contributed by atoms with Gasteiger partial charge < -0.3 is 10.2 Å². The lowest BCUT2D eigenvalue weighted by atomic mass is 10.3. The predicted molar refractivity (Wildman–Crippen MR) is 50.3 cm³/mol. The van der Waals surface area contributed by atoms with Crippen LogP contribution in [0.25, 0.3) is 0 Å². The second-order valence-corrected chi connectivity index (χ2v) is 4.86. The Labute approximate surface area is 84.3 Å². The van der Waals surface area contributed by atoms with Gasteiger partial charge >= 0.3 is 10.3 Å². The minimum absolute atomic E-state index is 0.0475. The zero-order chi connectivity index (χ0) is 11.6. The van der Waals surface area contributed by atoms with Crippen LogP contribution in [-0.2, 0) is 10.3 Å². The van der Waals surface area contributed by atoms with Gasteiger partial charge in [-0.1, -0.05) is 6.92 Å². The summed E-state index contributed by atoms with van der Waals surface area (Å²) < 4.78 is 30.2. The van der Waals surface area contributed by atoms with Gasteiger partial charge in [0.1, 0.15) is 0 Å². The summed E-state index contributed by atoms with van der Waals surface area (Å²) in [5.41, 5.74) is 0. The van der Waals surface area contributed by atoms with E-state index in [2.05, 4.69) is 0 Å². The third-order valence-electron chi connectivity index (χ3n) is 2.27. The lowest BCUT2D eigenvalue weighted by molar-refractivity contribution is -0.903. The van der Waals surface area contributed by atoms with Gasteiger partial charge in [0.25, 0.3) is 0 Å². The molecule has 7 heteroatoms. The maximum Gasteiger partial charge on any atom is 0.437 e. The molecule has 0 saturated heterocycles. The lowest BCUT2D eigenvalue weighted by Crippen LogP contribution is -2.63. The van der Waals surface area contributed by atoms with Crippen molar-refractivity contribution in [1.29, 1.82) is 0 Å². The highest BCUT2D eigenvalue weighted by molar-refractivity contribution is 7.80. The molecule has 0 aliphatic carbocycles. The third kappa shape index (κ3) is 2.23. The Morgan fingerprint density at radius 1 is 1.21 bits per heavy atom. The standard InChI is InChI=1S/C7H17NO5S/c1-4-5-8(6(2)9,7(3)10)14(11,12)13/h6-7,9-10H,4-5H2,1-3H3/p+1. The van der Waals surface area contributed by atoms with Gasteiger partial charge in [-0.2, -0.15) is 0 Å². The van der Waals surface area contributed by atoms with Crippen molar-refractivity contribution in [3.8, 4) is 0 Å². The highest BCUT2D eigenvalue weighted by Gasteiger charge is 2.48. The Hall–Kier alpha value is -0.210. The van der Waals surface area contributed by atoms with E-state index < -0.39 is 26.6 Å². The van der Waals surface area contributed by atoms with E-state index in [0.717, 1.165) is 0 Å². The van der Waals surface area contributed by atoms with Crippen molar-refractivity contribution in [3.63, 3.8) is 0 Å². The van der Waals surface area contributed by atoms with Gasteiger partial charge in [-0.15, -0.1) is 12.3 Å². The Morgan fingerprint density at radius 2 is 1.57 bits per heavy atom. The van der Waals surface area contributed by atoms with Gasteiger partial charge in [0, 0.05) is 13.8 Å². The molecule has 14 heavy (non-hydrogen) atoms. The Balaban J connectivity index is 5.40. The minimum Gasteiger partial charge on any atom is -0.344 e. The smallest absolute Gasteiger partial charge is 0.344 e. The second-order valence-electron chi connectivity index (χ2n) is 3.29. The summed E-state index contributed by atoms with van der Waals surface area (Å²) in [6.07, 6.45) is -2.36. The van der Waals surface area contributed by atoms with Crippen LogP contribution in [0, 0.1) is 0 Å². The highest BCUT2D eigenvalue weighted by atomic mass is 32.2. The molecule has 0 aliphatic rings. The van der Waals surface area contributed by atoms with Crippen molar-refractivity contribution in [2.45, 2.75) is 39.6 Å².